The third-order valence-electron chi connectivity index (χ3n) is 4.62. The third-order valence-corrected chi connectivity index (χ3v) is 4.62. The SMILES string of the molecule is Cc1ccccc1C1CC(N=C(N)N2CCOC(C)C2)C1. The maximum absolute atomic E-state index is 6.16. The van der Waals surface area contributed by atoms with E-state index in [1.165, 1.54) is 11.1 Å². The monoisotopic (exact) mass is 287 g/mol. The molecule has 4 nitrogen and oxygen atoms in total. The first-order chi connectivity index (χ1) is 10.1. The Bertz CT molecular complexity index is 523. The van der Waals surface area contributed by atoms with Crippen LogP contribution in [0.3, 0.4) is 0 Å². The summed E-state index contributed by atoms with van der Waals surface area (Å²) in [5, 5.41) is 0. The summed E-state index contributed by atoms with van der Waals surface area (Å²) in [7, 11) is 0. The predicted molar refractivity (Wildman–Crippen MR) is 85.6 cm³/mol. The molecule has 0 bridgehead atoms. The van der Waals surface area contributed by atoms with Gasteiger partial charge >= 0.3 is 0 Å². The van der Waals surface area contributed by atoms with Gasteiger partial charge in [0.2, 0.25) is 0 Å². The highest BCUT2D eigenvalue weighted by Crippen LogP contribution is 2.40. The van der Waals surface area contributed by atoms with Gasteiger partial charge in [0.15, 0.2) is 5.96 Å². The van der Waals surface area contributed by atoms with Crippen LogP contribution in [-0.4, -0.2) is 42.7 Å². The molecule has 1 saturated carbocycles. The van der Waals surface area contributed by atoms with E-state index in [0.29, 0.717) is 17.9 Å². The zero-order valence-electron chi connectivity index (χ0n) is 13.0. The van der Waals surface area contributed by atoms with Crippen LogP contribution < -0.4 is 5.73 Å². The first-order valence-corrected chi connectivity index (χ1v) is 7.89. The standard InChI is InChI=1S/C17H25N3O/c1-12-5-3-4-6-16(12)14-9-15(10-14)19-17(18)20-7-8-21-13(2)11-20/h3-6,13-15H,7-11H2,1-2H3,(H2,18,19). The molecule has 2 fully saturated rings. The highest BCUT2D eigenvalue weighted by molar-refractivity contribution is 5.78. The van der Waals surface area contributed by atoms with Crippen molar-refractivity contribution in [3.63, 3.8) is 0 Å². The summed E-state index contributed by atoms with van der Waals surface area (Å²) in [6.45, 7) is 6.72. The van der Waals surface area contributed by atoms with Crippen molar-refractivity contribution >= 4 is 5.96 Å². The van der Waals surface area contributed by atoms with Crippen molar-refractivity contribution in [2.75, 3.05) is 19.7 Å². The lowest BCUT2D eigenvalue weighted by Gasteiger charge is -2.36. The van der Waals surface area contributed by atoms with Crippen LogP contribution in [0, 0.1) is 6.92 Å². The maximum atomic E-state index is 6.16. The van der Waals surface area contributed by atoms with E-state index >= 15 is 0 Å². The van der Waals surface area contributed by atoms with Crippen molar-refractivity contribution < 1.29 is 4.74 Å². The summed E-state index contributed by atoms with van der Waals surface area (Å²) in [5.74, 6) is 1.34. The first kappa shape index (κ1) is 14.4. The number of hydrogen-bond acceptors (Lipinski definition) is 2. The average molecular weight is 287 g/mol. The molecule has 0 aromatic heterocycles. The van der Waals surface area contributed by atoms with E-state index in [0.717, 1.165) is 32.5 Å². The Labute approximate surface area is 127 Å². The second-order valence-electron chi connectivity index (χ2n) is 6.29. The molecule has 1 atom stereocenters. The fourth-order valence-electron chi connectivity index (χ4n) is 3.29. The minimum atomic E-state index is 0.244. The Hall–Kier alpha value is -1.55. The van der Waals surface area contributed by atoms with Gasteiger partial charge in [-0.1, -0.05) is 24.3 Å². The molecule has 0 amide bonds. The molecule has 1 aromatic carbocycles. The zero-order valence-corrected chi connectivity index (χ0v) is 13.0. The Balaban J connectivity index is 1.56. The number of rotatable bonds is 2. The van der Waals surface area contributed by atoms with Gasteiger partial charge in [0, 0.05) is 13.1 Å². The second-order valence-corrected chi connectivity index (χ2v) is 6.29. The summed E-state index contributed by atoms with van der Waals surface area (Å²) in [6.07, 6.45) is 2.48. The van der Waals surface area contributed by atoms with Crippen LogP contribution in [-0.2, 0) is 4.74 Å². The average Bonchev–Trinajstić information content (AvgIpc) is 2.43. The molecule has 21 heavy (non-hydrogen) atoms. The molecule has 0 spiro atoms. The number of ether oxygens (including phenoxy) is 1. The van der Waals surface area contributed by atoms with E-state index in [1.807, 2.05) is 0 Å². The van der Waals surface area contributed by atoms with Gasteiger partial charge in [-0.25, -0.2) is 4.99 Å². The van der Waals surface area contributed by atoms with Gasteiger partial charge in [-0.15, -0.1) is 0 Å². The number of aryl methyl sites for hydroxylation is 1. The van der Waals surface area contributed by atoms with Gasteiger partial charge in [-0.05, 0) is 43.7 Å². The highest BCUT2D eigenvalue weighted by atomic mass is 16.5. The van der Waals surface area contributed by atoms with Crippen LogP contribution in [0.15, 0.2) is 29.3 Å². The highest BCUT2D eigenvalue weighted by Gasteiger charge is 2.31. The number of nitrogens with two attached hydrogens (primary N) is 1. The Morgan fingerprint density at radius 1 is 1.33 bits per heavy atom. The van der Waals surface area contributed by atoms with Crippen LogP contribution in [0.1, 0.15) is 36.8 Å². The Morgan fingerprint density at radius 3 is 2.81 bits per heavy atom. The zero-order chi connectivity index (χ0) is 14.8. The summed E-state index contributed by atoms with van der Waals surface area (Å²) in [5.41, 5.74) is 9.02. The smallest absolute Gasteiger partial charge is 0.191 e. The fourth-order valence-corrected chi connectivity index (χ4v) is 3.29. The minimum Gasteiger partial charge on any atom is -0.375 e. The van der Waals surface area contributed by atoms with Crippen molar-refractivity contribution in [3.05, 3.63) is 35.4 Å². The number of aliphatic imine (C=N–C) groups is 1. The van der Waals surface area contributed by atoms with Gasteiger partial charge in [-0.3, -0.25) is 0 Å². The van der Waals surface area contributed by atoms with E-state index in [4.69, 9.17) is 15.5 Å². The number of guanidine groups is 1. The molecular weight excluding hydrogens is 262 g/mol. The van der Waals surface area contributed by atoms with Gasteiger partial charge in [0.05, 0.1) is 18.8 Å². The summed E-state index contributed by atoms with van der Waals surface area (Å²) >= 11 is 0. The van der Waals surface area contributed by atoms with E-state index in [-0.39, 0.29) is 6.10 Å². The van der Waals surface area contributed by atoms with Crippen molar-refractivity contribution in [3.8, 4) is 0 Å². The minimum absolute atomic E-state index is 0.244. The van der Waals surface area contributed by atoms with Crippen LogP contribution in [0.25, 0.3) is 0 Å². The van der Waals surface area contributed by atoms with Crippen LogP contribution in [0.4, 0.5) is 0 Å². The number of nitrogens with zero attached hydrogens (tertiary/aromatic N) is 2. The van der Waals surface area contributed by atoms with Crippen LogP contribution in [0.2, 0.25) is 0 Å². The van der Waals surface area contributed by atoms with Gasteiger partial charge in [0.1, 0.15) is 0 Å². The lowest BCUT2D eigenvalue weighted by Crippen LogP contribution is -2.48. The largest absolute Gasteiger partial charge is 0.375 e. The second kappa shape index (κ2) is 6.06. The molecule has 2 N–H and O–H groups in total. The molecular formula is C17H25N3O. The van der Waals surface area contributed by atoms with E-state index < -0.39 is 0 Å². The van der Waals surface area contributed by atoms with Crippen molar-refractivity contribution in [2.24, 2.45) is 10.7 Å². The maximum Gasteiger partial charge on any atom is 0.191 e. The lowest BCUT2D eigenvalue weighted by atomic mass is 9.75. The molecule has 0 radical (unpaired) electrons. The lowest BCUT2D eigenvalue weighted by molar-refractivity contribution is 0.00512. The number of morpholine rings is 1. The summed E-state index contributed by atoms with van der Waals surface area (Å²) in [6, 6.07) is 9.04. The molecule has 3 rings (SSSR count). The van der Waals surface area contributed by atoms with Crippen molar-refractivity contribution in [1.29, 1.82) is 0 Å². The molecule has 1 aliphatic heterocycles. The fraction of sp³-hybridized carbons (Fsp3) is 0.588. The molecule has 1 unspecified atom stereocenters. The molecule has 114 valence electrons. The molecule has 1 saturated heterocycles. The van der Waals surface area contributed by atoms with Crippen molar-refractivity contribution in [2.45, 2.75) is 44.8 Å². The van der Waals surface area contributed by atoms with E-state index in [2.05, 4.69) is 43.0 Å². The molecule has 1 heterocycles. The molecule has 2 aliphatic rings. The predicted octanol–water partition coefficient (Wildman–Crippen LogP) is 2.28. The van der Waals surface area contributed by atoms with Crippen LogP contribution in [0.5, 0.6) is 0 Å². The third kappa shape index (κ3) is 3.21. The quantitative estimate of drug-likeness (QED) is 0.670. The summed E-state index contributed by atoms with van der Waals surface area (Å²) < 4.78 is 5.54. The van der Waals surface area contributed by atoms with Gasteiger partial charge in [0.25, 0.3) is 0 Å². The van der Waals surface area contributed by atoms with Crippen LogP contribution >= 0.6 is 0 Å². The normalized spacial score (nSPS) is 30.1. The van der Waals surface area contributed by atoms with Gasteiger partial charge < -0.3 is 15.4 Å². The molecule has 1 aromatic rings. The van der Waals surface area contributed by atoms with E-state index in [9.17, 15) is 0 Å². The number of benzene rings is 1. The topological polar surface area (TPSA) is 50.8 Å². The molecule has 1 aliphatic carbocycles. The molecule has 4 heteroatoms. The van der Waals surface area contributed by atoms with E-state index in [1.54, 1.807) is 0 Å². The first-order valence-electron chi connectivity index (χ1n) is 7.89. The number of hydrogen-bond donors (Lipinski definition) is 1. The summed E-state index contributed by atoms with van der Waals surface area (Å²) in [4.78, 5) is 6.86. The Kier molecular flexibility index (Phi) is 4.15. The Morgan fingerprint density at radius 2 is 2.10 bits per heavy atom. The van der Waals surface area contributed by atoms with Gasteiger partial charge in [-0.2, -0.15) is 0 Å². The van der Waals surface area contributed by atoms with Crippen molar-refractivity contribution in [1.82, 2.24) is 4.90 Å².